The maximum absolute atomic E-state index is 12.8. The molecule has 0 aliphatic heterocycles. The Labute approximate surface area is 160 Å². The second-order valence-electron chi connectivity index (χ2n) is 6.05. The van der Waals surface area contributed by atoms with Crippen molar-refractivity contribution in [2.75, 3.05) is 39.8 Å². The molecule has 0 heterocycles. The fraction of sp³-hybridized carbons (Fsp3) is 0.316. The first-order valence-corrected chi connectivity index (χ1v) is 9.66. The normalized spacial score (nSPS) is 11.3. The molecule has 0 aliphatic carbocycles. The van der Waals surface area contributed by atoms with Crippen LogP contribution >= 0.6 is 0 Å². The molecule has 7 nitrogen and oxygen atoms in total. The van der Waals surface area contributed by atoms with Gasteiger partial charge in [0, 0.05) is 25.8 Å². The van der Waals surface area contributed by atoms with E-state index in [9.17, 15) is 13.2 Å². The van der Waals surface area contributed by atoms with E-state index < -0.39 is 10.0 Å². The number of nitrogens with zero attached hydrogens (tertiary/aromatic N) is 2. The van der Waals surface area contributed by atoms with E-state index in [-0.39, 0.29) is 17.3 Å². The summed E-state index contributed by atoms with van der Waals surface area (Å²) >= 11 is 0. The predicted octanol–water partition coefficient (Wildman–Crippen LogP) is 2.30. The summed E-state index contributed by atoms with van der Waals surface area (Å²) in [6.45, 7) is 1.47. The molecule has 2 aromatic carbocycles. The van der Waals surface area contributed by atoms with E-state index in [1.54, 1.807) is 44.3 Å². The maximum Gasteiger partial charge on any atom is 0.243 e. The molecular formula is C19H24N2O5S. The van der Waals surface area contributed by atoms with Crippen LogP contribution in [0.4, 0.5) is 5.69 Å². The standard InChI is InChI=1S/C19H24N2O5S/c1-14-11-17(9-10-18(14)26-5)27(23,24)20(2)13-19(22)21(3)15-7-6-8-16(12-15)25-4/h6-12H,13H2,1-5H3. The number of anilines is 1. The summed E-state index contributed by atoms with van der Waals surface area (Å²) in [7, 11) is 2.23. The molecule has 0 spiro atoms. The highest BCUT2D eigenvalue weighted by molar-refractivity contribution is 7.89. The third-order valence-electron chi connectivity index (χ3n) is 4.25. The summed E-state index contributed by atoms with van der Waals surface area (Å²) < 4.78 is 36.9. The van der Waals surface area contributed by atoms with Crippen molar-refractivity contribution >= 4 is 21.6 Å². The molecule has 0 saturated heterocycles. The van der Waals surface area contributed by atoms with Gasteiger partial charge < -0.3 is 14.4 Å². The zero-order valence-electron chi connectivity index (χ0n) is 16.1. The molecule has 2 aromatic rings. The number of likely N-dealkylation sites (N-methyl/N-ethyl adjacent to an activating group) is 2. The van der Waals surface area contributed by atoms with Crippen molar-refractivity contribution in [1.82, 2.24) is 4.31 Å². The number of rotatable bonds is 7. The molecule has 0 aromatic heterocycles. The zero-order valence-corrected chi connectivity index (χ0v) is 16.9. The number of aryl methyl sites for hydroxylation is 1. The van der Waals surface area contributed by atoms with Gasteiger partial charge >= 0.3 is 0 Å². The van der Waals surface area contributed by atoms with Crippen molar-refractivity contribution in [3.8, 4) is 11.5 Å². The average Bonchev–Trinajstić information content (AvgIpc) is 2.67. The van der Waals surface area contributed by atoms with Gasteiger partial charge in [-0.05, 0) is 42.8 Å². The first kappa shape index (κ1) is 20.7. The Hall–Kier alpha value is -2.58. The van der Waals surface area contributed by atoms with Crippen molar-refractivity contribution in [3.63, 3.8) is 0 Å². The second-order valence-corrected chi connectivity index (χ2v) is 8.09. The smallest absolute Gasteiger partial charge is 0.243 e. The molecule has 0 aliphatic rings. The van der Waals surface area contributed by atoms with Crippen LogP contribution < -0.4 is 14.4 Å². The molecule has 0 fully saturated rings. The van der Waals surface area contributed by atoms with E-state index in [1.165, 1.54) is 38.3 Å². The number of ether oxygens (including phenoxy) is 2. The number of hydrogen-bond acceptors (Lipinski definition) is 5. The Morgan fingerprint density at radius 1 is 1.04 bits per heavy atom. The van der Waals surface area contributed by atoms with Gasteiger partial charge in [-0.25, -0.2) is 8.42 Å². The number of sulfonamides is 1. The SMILES string of the molecule is COc1cccc(N(C)C(=O)CN(C)S(=O)(=O)c2ccc(OC)c(C)c2)c1. The van der Waals surface area contributed by atoms with Crippen molar-refractivity contribution < 1.29 is 22.7 Å². The molecule has 0 radical (unpaired) electrons. The highest BCUT2D eigenvalue weighted by Crippen LogP contribution is 2.24. The minimum atomic E-state index is -3.80. The van der Waals surface area contributed by atoms with Crippen LogP contribution in [0, 0.1) is 6.92 Å². The van der Waals surface area contributed by atoms with Crippen molar-refractivity contribution in [2.24, 2.45) is 0 Å². The van der Waals surface area contributed by atoms with E-state index in [2.05, 4.69) is 0 Å². The lowest BCUT2D eigenvalue weighted by Gasteiger charge is -2.22. The number of carbonyl (C=O) groups excluding carboxylic acids is 1. The molecule has 0 saturated carbocycles. The summed E-state index contributed by atoms with van der Waals surface area (Å²) in [5, 5.41) is 0. The van der Waals surface area contributed by atoms with E-state index in [1.807, 2.05) is 0 Å². The van der Waals surface area contributed by atoms with Crippen LogP contribution in [0.3, 0.4) is 0 Å². The van der Waals surface area contributed by atoms with Gasteiger partial charge in [-0.1, -0.05) is 6.07 Å². The lowest BCUT2D eigenvalue weighted by atomic mass is 10.2. The monoisotopic (exact) mass is 392 g/mol. The number of methoxy groups -OCH3 is 2. The van der Waals surface area contributed by atoms with Crippen LogP contribution in [-0.2, 0) is 14.8 Å². The van der Waals surface area contributed by atoms with Gasteiger partial charge in [0.25, 0.3) is 0 Å². The van der Waals surface area contributed by atoms with Gasteiger partial charge in [-0.3, -0.25) is 4.79 Å². The number of amides is 1. The van der Waals surface area contributed by atoms with Crippen LogP contribution in [0.15, 0.2) is 47.4 Å². The molecule has 0 unspecified atom stereocenters. The fourth-order valence-corrected chi connectivity index (χ4v) is 3.74. The Morgan fingerprint density at radius 2 is 1.74 bits per heavy atom. The second kappa shape index (κ2) is 8.41. The number of benzene rings is 2. The summed E-state index contributed by atoms with van der Waals surface area (Å²) in [6.07, 6.45) is 0. The van der Waals surface area contributed by atoms with Crippen LogP contribution in [-0.4, -0.2) is 53.5 Å². The third kappa shape index (κ3) is 4.58. The minimum absolute atomic E-state index is 0.111. The summed E-state index contributed by atoms with van der Waals surface area (Å²) in [4.78, 5) is 14.1. The van der Waals surface area contributed by atoms with Crippen LogP contribution in [0.2, 0.25) is 0 Å². The van der Waals surface area contributed by atoms with Gasteiger partial charge in [0.05, 0.1) is 25.7 Å². The van der Waals surface area contributed by atoms with E-state index in [4.69, 9.17) is 9.47 Å². The molecule has 1 amide bonds. The average molecular weight is 392 g/mol. The lowest BCUT2D eigenvalue weighted by molar-refractivity contribution is -0.118. The first-order chi connectivity index (χ1) is 12.7. The molecular weight excluding hydrogens is 368 g/mol. The Bertz CT molecular complexity index is 927. The molecule has 0 bridgehead atoms. The topological polar surface area (TPSA) is 76.2 Å². The predicted molar refractivity (Wildman–Crippen MR) is 104 cm³/mol. The summed E-state index contributed by atoms with van der Waals surface area (Å²) in [6, 6.07) is 11.6. The third-order valence-corrected chi connectivity index (χ3v) is 6.05. The van der Waals surface area contributed by atoms with E-state index in [0.29, 0.717) is 22.7 Å². The van der Waals surface area contributed by atoms with E-state index >= 15 is 0 Å². The molecule has 2 rings (SSSR count). The van der Waals surface area contributed by atoms with Gasteiger partial charge in [0.1, 0.15) is 11.5 Å². The molecule has 27 heavy (non-hydrogen) atoms. The van der Waals surface area contributed by atoms with E-state index in [0.717, 1.165) is 4.31 Å². The number of hydrogen-bond donors (Lipinski definition) is 0. The number of carbonyl (C=O) groups is 1. The van der Waals surface area contributed by atoms with Crippen molar-refractivity contribution in [3.05, 3.63) is 48.0 Å². The van der Waals surface area contributed by atoms with Gasteiger partial charge in [0.15, 0.2) is 0 Å². The summed E-state index contributed by atoms with van der Waals surface area (Å²) in [5.74, 6) is 0.854. The van der Waals surface area contributed by atoms with Gasteiger partial charge in [-0.2, -0.15) is 4.31 Å². The van der Waals surface area contributed by atoms with Crippen molar-refractivity contribution in [1.29, 1.82) is 0 Å². The quantitative estimate of drug-likeness (QED) is 0.723. The van der Waals surface area contributed by atoms with Gasteiger partial charge in [0.2, 0.25) is 15.9 Å². The molecule has 146 valence electrons. The highest BCUT2D eigenvalue weighted by Gasteiger charge is 2.25. The Balaban J connectivity index is 2.17. The molecule has 0 atom stereocenters. The first-order valence-electron chi connectivity index (χ1n) is 8.22. The fourth-order valence-electron chi connectivity index (χ4n) is 2.54. The highest BCUT2D eigenvalue weighted by atomic mass is 32.2. The zero-order chi connectivity index (χ0) is 20.2. The van der Waals surface area contributed by atoms with Crippen LogP contribution in [0.25, 0.3) is 0 Å². The van der Waals surface area contributed by atoms with Gasteiger partial charge in [-0.15, -0.1) is 0 Å². The van der Waals surface area contributed by atoms with Crippen LogP contribution in [0.5, 0.6) is 11.5 Å². The van der Waals surface area contributed by atoms with Crippen LogP contribution in [0.1, 0.15) is 5.56 Å². The summed E-state index contributed by atoms with van der Waals surface area (Å²) in [5.41, 5.74) is 1.32. The molecule has 8 heteroatoms. The largest absolute Gasteiger partial charge is 0.497 e. The maximum atomic E-state index is 12.8. The lowest BCUT2D eigenvalue weighted by Crippen LogP contribution is -2.39. The Morgan fingerprint density at radius 3 is 2.33 bits per heavy atom. The molecule has 0 N–H and O–H groups in total. The Kier molecular flexibility index (Phi) is 6.45. The minimum Gasteiger partial charge on any atom is -0.497 e. The van der Waals surface area contributed by atoms with Crippen molar-refractivity contribution in [2.45, 2.75) is 11.8 Å².